The Kier molecular flexibility index (Phi) is 4.50. The van der Waals surface area contributed by atoms with Gasteiger partial charge in [-0.15, -0.1) is 6.58 Å². The summed E-state index contributed by atoms with van der Waals surface area (Å²) in [5.74, 6) is 0.151. The average Bonchev–Trinajstić information content (AvgIpc) is 2.54. The van der Waals surface area contributed by atoms with Gasteiger partial charge >= 0.3 is 0 Å². The van der Waals surface area contributed by atoms with Gasteiger partial charge in [0.05, 0.1) is 3.57 Å². The molecule has 1 heterocycles. The van der Waals surface area contributed by atoms with Gasteiger partial charge in [0, 0.05) is 25.6 Å². The van der Waals surface area contributed by atoms with Gasteiger partial charge in [0.15, 0.2) is 11.5 Å². The molecule has 5 heteroatoms. The fraction of sp³-hybridized carbons (Fsp3) is 0.222. The lowest BCUT2D eigenvalue weighted by Gasteiger charge is -2.35. The lowest BCUT2D eigenvalue weighted by molar-refractivity contribution is 0.263. The van der Waals surface area contributed by atoms with E-state index in [0.29, 0.717) is 10.1 Å². The Bertz CT molecular complexity index is 743. The molecule has 0 spiro atoms. The van der Waals surface area contributed by atoms with Crippen LogP contribution < -0.4 is 0 Å². The van der Waals surface area contributed by atoms with Crippen LogP contribution in [0, 0.1) is 3.57 Å². The number of hydrogen-bond donors (Lipinski definition) is 3. The predicted molar refractivity (Wildman–Crippen MR) is 97.9 cm³/mol. The molecule has 1 aliphatic heterocycles. The van der Waals surface area contributed by atoms with Crippen LogP contribution in [-0.2, 0) is 6.54 Å². The number of aromatic hydroxyl groups is 3. The van der Waals surface area contributed by atoms with Crippen LogP contribution in [-0.4, -0.2) is 33.3 Å². The predicted octanol–water partition coefficient (Wildman–Crippen LogP) is 3.54. The van der Waals surface area contributed by atoms with Crippen LogP contribution in [0.3, 0.4) is 0 Å². The first-order chi connectivity index (χ1) is 11.0. The first kappa shape index (κ1) is 16.1. The molecule has 1 aliphatic rings. The van der Waals surface area contributed by atoms with Gasteiger partial charge in [0.1, 0.15) is 5.75 Å². The Morgan fingerprint density at radius 3 is 2.57 bits per heavy atom. The molecule has 0 radical (unpaired) electrons. The zero-order valence-corrected chi connectivity index (χ0v) is 14.7. The number of phenolic OH excluding ortho intramolecular Hbond substituents is 3. The SMILES string of the molecule is C=CCN1Cc2c(cc(O)c(O)c2I)C(c2ccc(O)cc2)C1. The monoisotopic (exact) mass is 423 g/mol. The molecule has 0 saturated carbocycles. The highest BCUT2D eigenvalue weighted by Gasteiger charge is 2.30. The third-order valence-corrected chi connectivity index (χ3v) is 5.40. The van der Waals surface area contributed by atoms with Crippen LogP contribution in [0.5, 0.6) is 17.2 Å². The van der Waals surface area contributed by atoms with Crippen molar-refractivity contribution in [3.05, 3.63) is 63.2 Å². The number of halogens is 1. The number of hydrogen-bond acceptors (Lipinski definition) is 4. The molecular weight excluding hydrogens is 405 g/mol. The second-order valence-electron chi connectivity index (χ2n) is 5.75. The van der Waals surface area contributed by atoms with E-state index < -0.39 is 0 Å². The fourth-order valence-corrected chi connectivity index (χ4v) is 3.87. The van der Waals surface area contributed by atoms with E-state index in [9.17, 15) is 15.3 Å². The lowest BCUT2D eigenvalue weighted by atomic mass is 9.84. The van der Waals surface area contributed by atoms with Crippen LogP contribution >= 0.6 is 22.6 Å². The molecule has 3 N–H and O–H groups in total. The maximum absolute atomic E-state index is 10.0. The van der Waals surface area contributed by atoms with Gasteiger partial charge in [-0.05, 0) is 57.5 Å². The van der Waals surface area contributed by atoms with Crippen molar-refractivity contribution in [2.24, 2.45) is 0 Å². The maximum Gasteiger partial charge on any atom is 0.171 e. The van der Waals surface area contributed by atoms with Crippen LogP contribution in [0.1, 0.15) is 22.6 Å². The molecule has 2 aromatic rings. The van der Waals surface area contributed by atoms with Crippen molar-refractivity contribution in [1.82, 2.24) is 4.90 Å². The van der Waals surface area contributed by atoms with Gasteiger partial charge in [0.25, 0.3) is 0 Å². The number of nitrogens with zero attached hydrogens (tertiary/aromatic N) is 1. The van der Waals surface area contributed by atoms with Gasteiger partial charge in [-0.25, -0.2) is 0 Å². The van der Waals surface area contributed by atoms with E-state index in [1.54, 1.807) is 18.2 Å². The molecule has 1 atom stereocenters. The number of rotatable bonds is 3. The van der Waals surface area contributed by atoms with E-state index in [-0.39, 0.29) is 23.2 Å². The molecular formula is C18H18INO3. The van der Waals surface area contributed by atoms with Gasteiger partial charge in [-0.1, -0.05) is 18.2 Å². The smallest absolute Gasteiger partial charge is 0.171 e. The van der Waals surface area contributed by atoms with Gasteiger partial charge in [-0.2, -0.15) is 0 Å². The quantitative estimate of drug-likeness (QED) is 0.402. The third-order valence-electron chi connectivity index (χ3n) is 4.24. The van der Waals surface area contributed by atoms with Gasteiger partial charge < -0.3 is 15.3 Å². The minimum Gasteiger partial charge on any atom is -0.508 e. The molecule has 4 nitrogen and oxygen atoms in total. The lowest BCUT2D eigenvalue weighted by Crippen LogP contribution is -2.34. The summed E-state index contributed by atoms with van der Waals surface area (Å²) in [6.45, 7) is 6.07. The highest BCUT2D eigenvalue weighted by atomic mass is 127. The van der Waals surface area contributed by atoms with Crippen molar-refractivity contribution in [1.29, 1.82) is 0 Å². The molecule has 0 saturated heterocycles. The highest BCUT2D eigenvalue weighted by molar-refractivity contribution is 14.1. The summed E-state index contributed by atoms with van der Waals surface area (Å²) < 4.78 is 0.690. The maximum atomic E-state index is 10.0. The van der Waals surface area contributed by atoms with Crippen LogP contribution in [0.4, 0.5) is 0 Å². The molecule has 0 fully saturated rings. The first-order valence-corrected chi connectivity index (χ1v) is 8.44. The molecule has 2 aromatic carbocycles. The largest absolute Gasteiger partial charge is 0.508 e. The fourth-order valence-electron chi connectivity index (χ4n) is 3.11. The molecule has 23 heavy (non-hydrogen) atoms. The number of benzene rings is 2. The summed E-state index contributed by atoms with van der Waals surface area (Å²) in [6.07, 6.45) is 1.87. The van der Waals surface area contributed by atoms with Crippen LogP contribution in [0.25, 0.3) is 0 Å². The summed E-state index contributed by atoms with van der Waals surface area (Å²) in [5.41, 5.74) is 3.13. The second-order valence-corrected chi connectivity index (χ2v) is 6.83. The molecule has 120 valence electrons. The topological polar surface area (TPSA) is 63.9 Å². The highest BCUT2D eigenvalue weighted by Crippen LogP contribution is 2.43. The number of fused-ring (bicyclic) bond motifs is 1. The zero-order chi connectivity index (χ0) is 16.6. The van der Waals surface area contributed by atoms with Crippen molar-refractivity contribution in [2.45, 2.75) is 12.5 Å². The summed E-state index contributed by atoms with van der Waals surface area (Å²) in [4.78, 5) is 2.26. The van der Waals surface area contributed by atoms with Crippen molar-refractivity contribution in [3.63, 3.8) is 0 Å². The van der Waals surface area contributed by atoms with Crippen molar-refractivity contribution in [2.75, 3.05) is 13.1 Å². The Balaban J connectivity index is 2.13. The zero-order valence-electron chi connectivity index (χ0n) is 12.5. The molecule has 0 aliphatic carbocycles. The standard InChI is InChI=1S/C18H18INO3/c1-2-7-20-9-14(11-3-5-12(21)6-4-11)13-8-16(22)18(23)17(19)15(13)10-20/h2-6,8,14,21-23H,1,7,9-10H2. The average molecular weight is 423 g/mol. The molecule has 0 amide bonds. The van der Waals surface area contributed by atoms with Crippen molar-refractivity contribution in [3.8, 4) is 17.2 Å². The summed E-state index contributed by atoms with van der Waals surface area (Å²) in [7, 11) is 0. The third kappa shape index (κ3) is 3.03. The summed E-state index contributed by atoms with van der Waals surface area (Å²) >= 11 is 2.08. The molecule has 1 unspecified atom stereocenters. The first-order valence-electron chi connectivity index (χ1n) is 7.36. The van der Waals surface area contributed by atoms with Crippen molar-refractivity contribution >= 4 is 22.6 Å². The molecule has 0 bridgehead atoms. The van der Waals surface area contributed by atoms with E-state index in [0.717, 1.165) is 29.8 Å². The Morgan fingerprint density at radius 2 is 1.91 bits per heavy atom. The minimum absolute atomic E-state index is 0.0609. The molecule has 0 aromatic heterocycles. The van der Waals surface area contributed by atoms with E-state index >= 15 is 0 Å². The number of phenols is 3. The normalized spacial score (nSPS) is 17.7. The second kappa shape index (κ2) is 6.41. The Labute approximate surface area is 148 Å². The summed E-state index contributed by atoms with van der Waals surface area (Å²) in [6, 6.07) is 8.81. The summed E-state index contributed by atoms with van der Waals surface area (Å²) in [5, 5.41) is 29.6. The van der Waals surface area contributed by atoms with E-state index in [1.807, 2.05) is 18.2 Å². The van der Waals surface area contributed by atoms with Crippen LogP contribution in [0.15, 0.2) is 43.0 Å². The van der Waals surface area contributed by atoms with E-state index in [4.69, 9.17) is 0 Å². The van der Waals surface area contributed by atoms with Gasteiger partial charge in [0.2, 0.25) is 0 Å². The molecule has 3 rings (SSSR count). The van der Waals surface area contributed by atoms with Crippen LogP contribution in [0.2, 0.25) is 0 Å². The van der Waals surface area contributed by atoms with E-state index in [2.05, 4.69) is 34.1 Å². The Morgan fingerprint density at radius 1 is 1.22 bits per heavy atom. The van der Waals surface area contributed by atoms with Crippen molar-refractivity contribution < 1.29 is 15.3 Å². The van der Waals surface area contributed by atoms with Gasteiger partial charge in [-0.3, -0.25) is 4.90 Å². The Hall–Kier alpha value is -1.73. The minimum atomic E-state index is -0.0888. The van der Waals surface area contributed by atoms with E-state index in [1.165, 1.54) is 0 Å².